The summed E-state index contributed by atoms with van der Waals surface area (Å²) in [4.78, 5) is 37.9. The lowest BCUT2D eigenvalue weighted by Crippen LogP contribution is -2.32. The summed E-state index contributed by atoms with van der Waals surface area (Å²) in [7, 11) is 1.48. The van der Waals surface area contributed by atoms with Crippen molar-refractivity contribution in [3.8, 4) is 17.2 Å². The molecule has 1 heterocycles. The van der Waals surface area contributed by atoms with E-state index in [0.717, 1.165) is 28.6 Å². The van der Waals surface area contributed by atoms with Crippen LogP contribution in [0.15, 0.2) is 65.6 Å². The fourth-order valence-electron chi connectivity index (χ4n) is 4.19. The summed E-state index contributed by atoms with van der Waals surface area (Å²) in [5.41, 5.74) is 3.18. The Morgan fingerprint density at radius 3 is 2.50 bits per heavy atom. The van der Waals surface area contributed by atoms with Crippen molar-refractivity contribution in [2.45, 2.75) is 33.3 Å². The largest absolute Gasteiger partial charge is 0.493 e. The lowest BCUT2D eigenvalue weighted by Gasteiger charge is -2.17. The third-order valence-corrected chi connectivity index (χ3v) is 7.20. The minimum atomic E-state index is -0.455. The molecule has 0 spiro atoms. The van der Waals surface area contributed by atoms with Crippen molar-refractivity contribution in [2.75, 3.05) is 20.3 Å². The van der Waals surface area contributed by atoms with Gasteiger partial charge in [0, 0.05) is 6.07 Å². The van der Waals surface area contributed by atoms with Crippen molar-refractivity contribution in [2.24, 2.45) is 0 Å². The van der Waals surface area contributed by atoms with E-state index in [0.29, 0.717) is 27.5 Å². The Bertz CT molecular complexity index is 1470. The molecule has 4 rings (SSSR count). The van der Waals surface area contributed by atoms with E-state index in [1.54, 1.807) is 42.5 Å². The van der Waals surface area contributed by atoms with Crippen LogP contribution in [0, 0.1) is 17.0 Å². The molecule has 3 aromatic carbocycles. The second-order valence-electron chi connectivity index (χ2n) is 9.46. The van der Waals surface area contributed by atoms with E-state index >= 15 is 0 Å². The number of nitro groups is 1. The number of methoxy groups -OCH3 is 1. The van der Waals surface area contributed by atoms with Crippen LogP contribution in [0.3, 0.4) is 0 Å². The summed E-state index contributed by atoms with van der Waals surface area (Å²) in [6.07, 6.45) is 1.62. The third-order valence-electron chi connectivity index (χ3n) is 6.29. The average molecular weight is 563 g/mol. The number of hydrogen-bond acceptors (Lipinski definition) is 8. The van der Waals surface area contributed by atoms with Crippen molar-refractivity contribution >= 4 is 34.7 Å². The highest BCUT2D eigenvalue weighted by Gasteiger charge is 2.35. The number of para-hydroxylation sites is 1. The molecule has 0 N–H and O–H groups in total. The van der Waals surface area contributed by atoms with Gasteiger partial charge in [0.25, 0.3) is 16.8 Å². The Hall–Kier alpha value is -4.31. The van der Waals surface area contributed by atoms with Gasteiger partial charge in [0.15, 0.2) is 11.5 Å². The number of carbonyl (C=O) groups excluding carboxylic acids is 2. The normalized spacial score (nSPS) is 14.2. The molecule has 40 heavy (non-hydrogen) atoms. The van der Waals surface area contributed by atoms with Crippen molar-refractivity contribution in [1.82, 2.24) is 4.90 Å². The molecule has 1 fully saturated rings. The molecule has 3 aromatic rings. The number of amides is 2. The predicted octanol–water partition coefficient (Wildman–Crippen LogP) is 6.73. The molecular formula is C30H30N2O7S. The summed E-state index contributed by atoms with van der Waals surface area (Å²) >= 11 is 0.870. The van der Waals surface area contributed by atoms with Gasteiger partial charge in [-0.25, -0.2) is 0 Å². The van der Waals surface area contributed by atoms with Gasteiger partial charge in [-0.1, -0.05) is 44.2 Å². The van der Waals surface area contributed by atoms with Gasteiger partial charge >= 0.3 is 0 Å². The maximum atomic E-state index is 13.0. The highest BCUT2D eigenvalue weighted by molar-refractivity contribution is 8.18. The summed E-state index contributed by atoms with van der Waals surface area (Å²) in [5, 5.41) is 10.9. The molecule has 0 saturated carbocycles. The van der Waals surface area contributed by atoms with Gasteiger partial charge in [0.1, 0.15) is 19.0 Å². The molecule has 9 nitrogen and oxygen atoms in total. The lowest BCUT2D eigenvalue weighted by molar-refractivity contribution is -0.385. The highest BCUT2D eigenvalue weighted by Crippen LogP contribution is 2.35. The van der Waals surface area contributed by atoms with Crippen molar-refractivity contribution < 1.29 is 28.7 Å². The monoisotopic (exact) mass is 562 g/mol. The number of thioether (sulfide) groups is 1. The third kappa shape index (κ3) is 6.63. The number of aryl methyl sites for hydroxylation is 1. The van der Waals surface area contributed by atoms with Crippen LogP contribution in [0.25, 0.3) is 6.08 Å². The van der Waals surface area contributed by atoms with Gasteiger partial charge < -0.3 is 14.2 Å². The molecule has 0 aliphatic carbocycles. The number of hydrogen-bond donors (Lipinski definition) is 0. The van der Waals surface area contributed by atoms with E-state index in [4.69, 9.17) is 14.2 Å². The minimum absolute atomic E-state index is 0.0188. The SMILES string of the molecule is COc1cc(/C=C2\SC(=O)N(CCOc3cc(C)ccc3C(C)C)C2=O)ccc1OCc1ccccc1[N+](=O)[O-]. The van der Waals surface area contributed by atoms with Gasteiger partial charge in [0.2, 0.25) is 0 Å². The van der Waals surface area contributed by atoms with E-state index in [1.807, 2.05) is 25.1 Å². The molecule has 0 unspecified atom stereocenters. The Labute approximate surface area is 236 Å². The number of nitro benzene ring substituents is 1. The van der Waals surface area contributed by atoms with E-state index in [1.165, 1.54) is 18.1 Å². The fourth-order valence-corrected chi connectivity index (χ4v) is 5.06. The van der Waals surface area contributed by atoms with E-state index < -0.39 is 4.92 Å². The zero-order valence-corrected chi connectivity index (χ0v) is 23.5. The molecule has 10 heteroatoms. The van der Waals surface area contributed by atoms with Gasteiger partial charge in [-0.15, -0.1) is 0 Å². The average Bonchev–Trinajstić information content (AvgIpc) is 3.19. The minimum Gasteiger partial charge on any atom is -0.493 e. The number of ether oxygens (including phenoxy) is 3. The van der Waals surface area contributed by atoms with Crippen LogP contribution >= 0.6 is 11.8 Å². The smallest absolute Gasteiger partial charge is 0.293 e. The maximum Gasteiger partial charge on any atom is 0.293 e. The molecule has 0 aromatic heterocycles. The first-order valence-corrected chi connectivity index (χ1v) is 13.5. The van der Waals surface area contributed by atoms with Crippen LogP contribution in [0.1, 0.15) is 42.0 Å². The molecule has 208 valence electrons. The first-order chi connectivity index (χ1) is 19.2. The second-order valence-corrected chi connectivity index (χ2v) is 10.5. The molecule has 1 aliphatic rings. The molecular weight excluding hydrogens is 532 g/mol. The van der Waals surface area contributed by atoms with Gasteiger partial charge in [-0.2, -0.15) is 0 Å². The topological polar surface area (TPSA) is 108 Å². The first-order valence-electron chi connectivity index (χ1n) is 12.7. The van der Waals surface area contributed by atoms with Crippen molar-refractivity contribution in [3.63, 3.8) is 0 Å². The molecule has 0 bridgehead atoms. The summed E-state index contributed by atoms with van der Waals surface area (Å²) in [5.74, 6) is 1.43. The summed E-state index contributed by atoms with van der Waals surface area (Å²) in [6.45, 7) is 6.46. The van der Waals surface area contributed by atoms with Crippen molar-refractivity contribution in [3.05, 3.63) is 97.9 Å². The maximum absolute atomic E-state index is 13.0. The van der Waals surface area contributed by atoms with Crippen LogP contribution < -0.4 is 14.2 Å². The Morgan fingerprint density at radius 1 is 1.00 bits per heavy atom. The summed E-state index contributed by atoms with van der Waals surface area (Å²) < 4.78 is 17.2. The van der Waals surface area contributed by atoms with Gasteiger partial charge in [-0.3, -0.25) is 24.6 Å². The predicted molar refractivity (Wildman–Crippen MR) is 154 cm³/mol. The van der Waals surface area contributed by atoms with E-state index in [9.17, 15) is 19.7 Å². The number of carbonyl (C=O) groups is 2. The molecule has 1 saturated heterocycles. The van der Waals surface area contributed by atoms with Crippen LogP contribution in [-0.2, 0) is 11.4 Å². The van der Waals surface area contributed by atoms with Crippen LogP contribution in [0.5, 0.6) is 17.2 Å². The number of imide groups is 1. The van der Waals surface area contributed by atoms with E-state index in [-0.39, 0.29) is 42.5 Å². The Morgan fingerprint density at radius 2 is 1.77 bits per heavy atom. The number of rotatable bonds is 11. The van der Waals surface area contributed by atoms with E-state index in [2.05, 4.69) is 13.8 Å². The molecule has 0 radical (unpaired) electrons. The zero-order valence-electron chi connectivity index (χ0n) is 22.7. The van der Waals surface area contributed by atoms with Crippen molar-refractivity contribution in [1.29, 1.82) is 0 Å². The number of nitrogens with zero attached hydrogens (tertiary/aromatic N) is 2. The Kier molecular flexibility index (Phi) is 9.11. The first kappa shape index (κ1) is 28.7. The molecule has 2 amide bonds. The Balaban J connectivity index is 1.42. The van der Waals surface area contributed by atoms with Gasteiger partial charge in [0.05, 0.1) is 29.0 Å². The second kappa shape index (κ2) is 12.7. The molecule has 1 aliphatic heterocycles. The lowest BCUT2D eigenvalue weighted by atomic mass is 10.0. The van der Waals surface area contributed by atoms with Crippen LogP contribution in [-0.4, -0.2) is 41.2 Å². The zero-order chi connectivity index (χ0) is 28.8. The van der Waals surface area contributed by atoms with Gasteiger partial charge in [-0.05, 0) is 71.6 Å². The fraction of sp³-hybridized carbons (Fsp3) is 0.267. The number of benzene rings is 3. The quantitative estimate of drug-likeness (QED) is 0.144. The van der Waals surface area contributed by atoms with Crippen LogP contribution in [0.2, 0.25) is 0 Å². The highest BCUT2D eigenvalue weighted by atomic mass is 32.2. The van der Waals surface area contributed by atoms with Crippen LogP contribution in [0.4, 0.5) is 10.5 Å². The standard InChI is InChI=1S/C30H30N2O7S/c1-19(2)23-11-9-20(3)15-26(23)38-14-13-31-29(33)28(40-30(31)34)17-21-10-12-25(27(16-21)37-4)39-18-22-7-5-6-8-24(22)32(35)36/h5-12,15-17,19H,13-14,18H2,1-4H3/b28-17-. The summed E-state index contributed by atoms with van der Waals surface area (Å²) in [6, 6.07) is 17.4. The molecule has 0 atom stereocenters.